The zero-order valence-corrected chi connectivity index (χ0v) is 25.5. The number of benzene rings is 1. The quantitative estimate of drug-likeness (QED) is 0.0406. The second kappa shape index (κ2) is 16.6. The molecule has 0 heterocycles. The zero-order chi connectivity index (χ0) is 28.9. The number of ketones is 2. The first-order valence-corrected chi connectivity index (χ1v) is 15.8. The molecule has 0 saturated carbocycles. The van der Waals surface area contributed by atoms with Crippen molar-refractivity contribution in [1.29, 1.82) is 0 Å². The Kier molecular flexibility index (Phi) is 13.2. The van der Waals surface area contributed by atoms with Gasteiger partial charge >= 0.3 is 5.97 Å². The summed E-state index contributed by atoms with van der Waals surface area (Å²) >= 11 is 9.46. The monoisotopic (exact) mass is 597 g/mol. The standard InChI is InChI=1S/C32H36ClNO4S2/c1-4-27(40-29-16-11-25(12-17-29)32(37)24-8-6-5-7-9-24)15-10-22(2)31(36)30(34-38-23(3)35)20-21-39-28-18-13-26(33)14-19-28/h4-6,8,11-12,16-18,26H,2,7,9-10,13-15,19-21H2,1,3H3/b27-4+,34-30+. The molecular weight excluding hydrogens is 562 g/mol. The Labute approximate surface area is 250 Å². The molecule has 0 aliphatic heterocycles. The summed E-state index contributed by atoms with van der Waals surface area (Å²) in [5.74, 6) is -0.124. The highest BCUT2D eigenvalue weighted by Crippen LogP contribution is 2.32. The van der Waals surface area contributed by atoms with E-state index in [9.17, 15) is 14.4 Å². The summed E-state index contributed by atoms with van der Waals surface area (Å²) in [6.07, 6.45) is 16.0. The minimum absolute atomic E-state index is 0.0750. The average Bonchev–Trinajstić information content (AvgIpc) is 2.97. The fraction of sp³-hybridized carbons (Fsp3) is 0.375. The van der Waals surface area contributed by atoms with Crippen LogP contribution < -0.4 is 0 Å². The van der Waals surface area contributed by atoms with Crippen molar-refractivity contribution < 1.29 is 19.2 Å². The number of nitrogens with zero attached hydrogens (tertiary/aromatic N) is 1. The maximum Gasteiger partial charge on any atom is 0.331 e. The lowest BCUT2D eigenvalue weighted by molar-refractivity contribution is -0.140. The van der Waals surface area contributed by atoms with Gasteiger partial charge in [-0.2, -0.15) is 0 Å². The van der Waals surface area contributed by atoms with Crippen LogP contribution in [0.2, 0.25) is 0 Å². The van der Waals surface area contributed by atoms with Gasteiger partial charge in [-0.05, 0) is 91.5 Å². The maximum absolute atomic E-state index is 13.1. The van der Waals surface area contributed by atoms with E-state index in [2.05, 4.69) is 23.9 Å². The number of hydrogen-bond donors (Lipinski definition) is 0. The van der Waals surface area contributed by atoms with Crippen molar-refractivity contribution >= 4 is 58.4 Å². The lowest BCUT2D eigenvalue weighted by Gasteiger charge is -2.16. The molecule has 0 aromatic heterocycles. The summed E-state index contributed by atoms with van der Waals surface area (Å²) in [6, 6.07) is 7.65. The molecule has 0 N–H and O–H groups in total. The Balaban J connectivity index is 1.53. The van der Waals surface area contributed by atoms with Crippen LogP contribution in [0.15, 0.2) is 92.2 Å². The van der Waals surface area contributed by atoms with Crippen molar-refractivity contribution in [2.75, 3.05) is 5.75 Å². The van der Waals surface area contributed by atoms with Crippen LogP contribution in [-0.2, 0) is 14.4 Å². The molecule has 1 aromatic carbocycles. The number of halogens is 1. The molecular formula is C32H36ClNO4S2. The van der Waals surface area contributed by atoms with Gasteiger partial charge in [0.05, 0.1) is 0 Å². The van der Waals surface area contributed by atoms with Crippen molar-refractivity contribution in [3.05, 3.63) is 87.7 Å². The molecule has 0 fully saturated rings. The highest BCUT2D eigenvalue weighted by Gasteiger charge is 2.19. The van der Waals surface area contributed by atoms with Crippen LogP contribution >= 0.6 is 35.1 Å². The molecule has 0 bridgehead atoms. The second-order valence-corrected chi connectivity index (χ2v) is 12.6. The van der Waals surface area contributed by atoms with E-state index in [0.717, 1.165) is 47.5 Å². The van der Waals surface area contributed by atoms with Crippen LogP contribution in [0.5, 0.6) is 0 Å². The molecule has 2 aliphatic carbocycles. The Morgan fingerprint density at radius 3 is 2.55 bits per heavy atom. The molecule has 1 unspecified atom stereocenters. The van der Waals surface area contributed by atoms with Crippen molar-refractivity contribution in [2.45, 2.75) is 75.5 Å². The van der Waals surface area contributed by atoms with Gasteiger partial charge in [0, 0.05) is 40.5 Å². The summed E-state index contributed by atoms with van der Waals surface area (Å²) in [7, 11) is 0. The predicted molar refractivity (Wildman–Crippen MR) is 168 cm³/mol. The van der Waals surface area contributed by atoms with Gasteiger partial charge in [-0.3, -0.25) is 9.59 Å². The van der Waals surface area contributed by atoms with Crippen molar-refractivity contribution in [2.24, 2.45) is 5.16 Å². The molecule has 0 amide bonds. The first-order valence-electron chi connectivity index (χ1n) is 13.5. The molecule has 5 nitrogen and oxygen atoms in total. The van der Waals surface area contributed by atoms with E-state index in [1.54, 1.807) is 23.5 Å². The van der Waals surface area contributed by atoms with E-state index in [1.165, 1.54) is 11.8 Å². The fourth-order valence-corrected chi connectivity index (χ4v) is 6.29. The van der Waals surface area contributed by atoms with Gasteiger partial charge in [-0.1, -0.05) is 53.9 Å². The fourth-order valence-electron chi connectivity index (χ4n) is 4.16. The van der Waals surface area contributed by atoms with Crippen LogP contribution in [0.25, 0.3) is 0 Å². The van der Waals surface area contributed by atoms with Gasteiger partial charge < -0.3 is 4.84 Å². The van der Waals surface area contributed by atoms with Gasteiger partial charge in [0.2, 0.25) is 5.78 Å². The number of Topliss-reactive ketones (excluding diaryl/α,β-unsaturated/α-hetero) is 2. The van der Waals surface area contributed by atoms with Crippen LogP contribution in [0.4, 0.5) is 0 Å². The van der Waals surface area contributed by atoms with Gasteiger partial charge in [-0.15, -0.1) is 23.4 Å². The third kappa shape index (κ3) is 10.4. The molecule has 0 saturated heterocycles. The van der Waals surface area contributed by atoms with Gasteiger partial charge in [0.1, 0.15) is 5.71 Å². The number of allylic oxidation sites excluding steroid dienone is 9. The summed E-state index contributed by atoms with van der Waals surface area (Å²) in [6.45, 7) is 7.23. The molecule has 40 heavy (non-hydrogen) atoms. The Bertz CT molecular complexity index is 1260. The largest absolute Gasteiger partial charge is 0.331 e. The normalized spacial score (nSPS) is 17.6. The molecule has 0 radical (unpaired) electrons. The van der Waals surface area contributed by atoms with Crippen molar-refractivity contribution in [3.63, 3.8) is 0 Å². The van der Waals surface area contributed by atoms with Crippen LogP contribution in [-0.4, -0.2) is 34.4 Å². The highest BCUT2D eigenvalue weighted by molar-refractivity contribution is 8.03. The number of oxime groups is 1. The van der Waals surface area contributed by atoms with E-state index in [4.69, 9.17) is 16.4 Å². The lowest BCUT2D eigenvalue weighted by atomic mass is 9.96. The van der Waals surface area contributed by atoms with Gasteiger partial charge in [0.15, 0.2) is 5.78 Å². The maximum atomic E-state index is 13.1. The molecule has 1 aromatic rings. The van der Waals surface area contributed by atoms with Gasteiger partial charge in [-0.25, -0.2) is 4.79 Å². The van der Waals surface area contributed by atoms with E-state index in [-0.39, 0.29) is 22.7 Å². The summed E-state index contributed by atoms with van der Waals surface area (Å²) in [4.78, 5) is 45.4. The number of alkyl halides is 1. The summed E-state index contributed by atoms with van der Waals surface area (Å²) < 4.78 is 0. The third-order valence-corrected chi connectivity index (χ3v) is 9.22. The van der Waals surface area contributed by atoms with E-state index < -0.39 is 5.97 Å². The van der Waals surface area contributed by atoms with E-state index in [1.807, 2.05) is 49.4 Å². The average molecular weight is 598 g/mol. The second-order valence-electron chi connectivity index (χ2n) is 9.56. The van der Waals surface area contributed by atoms with E-state index >= 15 is 0 Å². The third-order valence-electron chi connectivity index (χ3n) is 6.47. The van der Waals surface area contributed by atoms with Crippen molar-refractivity contribution in [3.8, 4) is 0 Å². The SMILES string of the molecule is C=C(CC/C(=C\C)Sc1ccc(C(=O)C2=CC=CCC2)cc1)C(=O)/C(CCSC1=CCC(Cl)CC1)=N/OC(C)=O. The smallest absolute Gasteiger partial charge is 0.318 e. The summed E-state index contributed by atoms with van der Waals surface area (Å²) in [5, 5.41) is 4.05. The van der Waals surface area contributed by atoms with Crippen LogP contribution in [0.1, 0.15) is 75.6 Å². The van der Waals surface area contributed by atoms with Gasteiger partial charge in [0.25, 0.3) is 0 Å². The summed E-state index contributed by atoms with van der Waals surface area (Å²) in [5.41, 5.74) is 2.16. The number of rotatable bonds is 14. The first kappa shape index (κ1) is 31.9. The minimum atomic E-state index is -0.570. The Hall–Kier alpha value is -2.61. The number of carbonyl (C=O) groups is 3. The molecule has 0 spiro atoms. The highest BCUT2D eigenvalue weighted by atomic mass is 35.5. The molecule has 3 rings (SSSR count). The molecule has 2 aliphatic rings. The lowest BCUT2D eigenvalue weighted by Crippen LogP contribution is -2.18. The molecule has 212 valence electrons. The zero-order valence-electron chi connectivity index (χ0n) is 23.1. The first-order chi connectivity index (χ1) is 19.3. The van der Waals surface area contributed by atoms with Crippen LogP contribution in [0.3, 0.4) is 0 Å². The molecule has 8 heteroatoms. The Morgan fingerprint density at radius 1 is 1.15 bits per heavy atom. The van der Waals surface area contributed by atoms with E-state index in [0.29, 0.717) is 36.2 Å². The molecule has 1 atom stereocenters. The number of thioether (sulfide) groups is 2. The predicted octanol–water partition coefficient (Wildman–Crippen LogP) is 8.76. The van der Waals surface area contributed by atoms with Crippen LogP contribution in [0, 0.1) is 0 Å². The minimum Gasteiger partial charge on any atom is -0.318 e. The Morgan fingerprint density at radius 2 is 1.93 bits per heavy atom. The number of hydrogen-bond acceptors (Lipinski definition) is 7. The number of carbonyl (C=O) groups excluding carboxylic acids is 3. The topological polar surface area (TPSA) is 72.8 Å². The van der Waals surface area contributed by atoms with Crippen molar-refractivity contribution in [1.82, 2.24) is 0 Å².